The van der Waals surface area contributed by atoms with E-state index in [9.17, 15) is 0 Å². The molecule has 2 rings (SSSR count). The summed E-state index contributed by atoms with van der Waals surface area (Å²) in [5.41, 5.74) is 1.08. The van der Waals surface area contributed by atoms with E-state index in [2.05, 4.69) is 39.9 Å². The monoisotopic (exact) mass is 265 g/mol. The molecule has 19 heavy (non-hydrogen) atoms. The van der Waals surface area contributed by atoms with E-state index in [4.69, 9.17) is 0 Å². The van der Waals surface area contributed by atoms with E-state index < -0.39 is 0 Å². The van der Waals surface area contributed by atoms with Crippen molar-refractivity contribution in [3.05, 3.63) is 0 Å². The maximum Gasteiger partial charge on any atom is 0.00683 e. The second-order valence-corrected chi connectivity index (χ2v) is 9.21. The quantitative estimate of drug-likeness (QED) is 0.737. The summed E-state index contributed by atoms with van der Waals surface area (Å²) >= 11 is 0. The van der Waals surface area contributed by atoms with Crippen LogP contribution in [-0.4, -0.2) is 12.6 Å². The van der Waals surface area contributed by atoms with Gasteiger partial charge < -0.3 is 5.32 Å². The lowest BCUT2D eigenvalue weighted by Crippen LogP contribution is -2.37. The van der Waals surface area contributed by atoms with Gasteiger partial charge in [-0.25, -0.2) is 0 Å². The summed E-state index contributed by atoms with van der Waals surface area (Å²) in [7, 11) is 0. The molecule has 1 N–H and O–H groups in total. The summed E-state index contributed by atoms with van der Waals surface area (Å²) < 4.78 is 0. The molecule has 0 aliphatic heterocycles. The topological polar surface area (TPSA) is 12.0 Å². The number of hydrogen-bond acceptors (Lipinski definition) is 1. The second-order valence-electron chi connectivity index (χ2n) is 9.21. The number of nitrogens with one attached hydrogen (secondary N) is 1. The summed E-state index contributed by atoms with van der Waals surface area (Å²) in [5.74, 6) is 1.89. The summed E-state index contributed by atoms with van der Waals surface area (Å²) in [4.78, 5) is 0. The van der Waals surface area contributed by atoms with Gasteiger partial charge in [-0.05, 0) is 74.2 Å². The van der Waals surface area contributed by atoms with Crippen LogP contribution in [0, 0.1) is 22.7 Å². The molecule has 0 aromatic rings. The third-order valence-corrected chi connectivity index (χ3v) is 5.18. The van der Waals surface area contributed by atoms with Crippen LogP contribution in [0.25, 0.3) is 0 Å². The molecule has 0 saturated heterocycles. The molecule has 112 valence electrons. The van der Waals surface area contributed by atoms with Crippen molar-refractivity contribution in [2.75, 3.05) is 6.54 Å². The summed E-state index contributed by atoms with van der Waals surface area (Å²) in [6.45, 7) is 13.4. The minimum atomic E-state index is 0.496. The van der Waals surface area contributed by atoms with Crippen molar-refractivity contribution in [2.24, 2.45) is 22.7 Å². The van der Waals surface area contributed by atoms with Gasteiger partial charge in [-0.15, -0.1) is 0 Å². The van der Waals surface area contributed by atoms with E-state index in [1.165, 1.54) is 51.5 Å². The number of hydrogen-bond donors (Lipinski definition) is 1. The van der Waals surface area contributed by atoms with Crippen molar-refractivity contribution in [1.82, 2.24) is 5.32 Å². The van der Waals surface area contributed by atoms with E-state index in [-0.39, 0.29) is 0 Å². The smallest absolute Gasteiger partial charge is 0.00683 e. The largest absolute Gasteiger partial charge is 0.314 e. The molecule has 2 saturated carbocycles. The van der Waals surface area contributed by atoms with E-state index in [0.717, 1.165) is 17.9 Å². The molecule has 1 heteroatoms. The highest BCUT2D eigenvalue weighted by molar-refractivity contribution is 4.89. The van der Waals surface area contributed by atoms with Crippen LogP contribution < -0.4 is 5.32 Å². The zero-order valence-electron chi connectivity index (χ0n) is 13.9. The Morgan fingerprint density at radius 2 is 1.74 bits per heavy atom. The molecular formula is C18H35N. The molecule has 0 heterocycles. The zero-order valence-corrected chi connectivity index (χ0v) is 13.9. The molecule has 2 fully saturated rings. The van der Waals surface area contributed by atoms with Gasteiger partial charge in [0.25, 0.3) is 0 Å². The van der Waals surface area contributed by atoms with Crippen molar-refractivity contribution < 1.29 is 0 Å². The van der Waals surface area contributed by atoms with Crippen LogP contribution in [0.15, 0.2) is 0 Å². The number of rotatable bonds is 5. The highest BCUT2D eigenvalue weighted by Gasteiger charge is 2.35. The molecule has 2 atom stereocenters. The maximum atomic E-state index is 3.78. The van der Waals surface area contributed by atoms with Crippen molar-refractivity contribution in [1.29, 1.82) is 0 Å². The van der Waals surface area contributed by atoms with Crippen LogP contribution in [-0.2, 0) is 0 Å². The van der Waals surface area contributed by atoms with Gasteiger partial charge >= 0.3 is 0 Å². The van der Waals surface area contributed by atoms with Crippen LogP contribution in [0.4, 0.5) is 0 Å². The van der Waals surface area contributed by atoms with E-state index in [1.807, 2.05) is 0 Å². The summed E-state index contributed by atoms with van der Waals surface area (Å²) in [6.07, 6.45) is 9.98. The van der Waals surface area contributed by atoms with Gasteiger partial charge in [-0.2, -0.15) is 0 Å². The normalized spacial score (nSPS) is 31.4. The van der Waals surface area contributed by atoms with Gasteiger partial charge in [-0.1, -0.05) is 34.6 Å². The van der Waals surface area contributed by atoms with Gasteiger partial charge in [0.15, 0.2) is 0 Å². The molecule has 2 aliphatic carbocycles. The highest BCUT2D eigenvalue weighted by Crippen LogP contribution is 2.44. The predicted molar refractivity (Wildman–Crippen MR) is 84.3 cm³/mol. The third-order valence-electron chi connectivity index (χ3n) is 5.18. The van der Waals surface area contributed by atoms with Crippen molar-refractivity contribution in [3.8, 4) is 0 Å². The molecular weight excluding hydrogens is 230 g/mol. The minimum absolute atomic E-state index is 0.496. The Morgan fingerprint density at radius 1 is 1.05 bits per heavy atom. The van der Waals surface area contributed by atoms with Crippen LogP contribution >= 0.6 is 0 Å². The Kier molecular flexibility index (Phi) is 4.65. The molecule has 1 nitrogen and oxygen atoms in total. The van der Waals surface area contributed by atoms with Crippen molar-refractivity contribution in [2.45, 2.75) is 85.6 Å². The lowest BCUT2D eigenvalue weighted by atomic mass is 9.65. The Balaban J connectivity index is 1.86. The molecule has 0 spiro atoms. The Hall–Kier alpha value is -0.0400. The first-order valence-electron chi connectivity index (χ1n) is 8.49. The van der Waals surface area contributed by atoms with Crippen molar-refractivity contribution in [3.63, 3.8) is 0 Å². The third kappa shape index (κ3) is 5.45. The average Bonchev–Trinajstić information content (AvgIpc) is 3.07. The lowest BCUT2D eigenvalue weighted by molar-refractivity contribution is 0.0998. The molecule has 0 aromatic carbocycles. The van der Waals surface area contributed by atoms with Crippen LogP contribution in [0.5, 0.6) is 0 Å². The fraction of sp³-hybridized carbons (Fsp3) is 1.00. The SMILES string of the molecule is CC(C)(C)CCC1CC(C)(C)CCC1CNC1CC1. The Bertz CT molecular complexity index is 281. The van der Waals surface area contributed by atoms with Gasteiger partial charge in [0, 0.05) is 6.04 Å². The molecule has 0 bridgehead atoms. The first kappa shape index (κ1) is 15.4. The van der Waals surface area contributed by atoms with Crippen LogP contribution in [0.3, 0.4) is 0 Å². The average molecular weight is 265 g/mol. The molecule has 0 amide bonds. The van der Waals surface area contributed by atoms with E-state index in [0.29, 0.717) is 10.8 Å². The minimum Gasteiger partial charge on any atom is -0.314 e. The van der Waals surface area contributed by atoms with Gasteiger partial charge in [0.05, 0.1) is 0 Å². The van der Waals surface area contributed by atoms with Gasteiger partial charge in [-0.3, -0.25) is 0 Å². The summed E-state index contributed by atoms with van der Waals surface area (Å²) in [6, 6.07) is 0.873. The first-order valence-corrected chi connectivity index (χ1v) is 8.49. The zero-order chi connectivity index (χ0) is 14.1. The lowest BCUT2D eigenvalue weighted by Gasteiger charge is -2.42. The van der Waals surface area contributed by atoms with Gasteiger partial charge in [0.2, 0.25) is 0 Å². The second kappa shape index (κ2) is 5.76. The fourth-order valence-electron chi connectivity index (χ4n) is 3.62. The Morgan fingerprint density at radius 3 is 2.32 bits per heavy atom. The first-order chi connectivity index (χ1) is 8.75. The molecule has 2 unspecified atom stereocenters. The van der Waals surface area contributed by atoms with Crippen LogP contribution in [0.2, 0.25) is 0 Å². The predicted octanol–water partition coefficient (Wildman–Crippen LogP) is 5.01. The fourth-order valence-corrected chi connectivity index (χ4v) is 3.62. The van der Waals surface area contributed by atoms with Crippen molar-refractivity contribution >= 4 is 0 Å². The Labute approximate surface area is 120 Å². The maximum absolute atomic E-state index is 3.78. The van der Waals surface area contributed by atoms with Crippen LogP contribution in [0.1, 0.15) is 79.6 Å². The highest BCUT2D eigenvalue weighted by atomic mass is 14.9. The molecule has 0 aromatic heterocycles. The standard InChI is InChI=1S/C18H35N/c1-17(2,3)10-8-14-12-18(4,5)11-9-15(14)13-19-16-6-7-16/h14-16,19H,6-13H2,1-5H3. The van der Waals surface area contributed by atoms with E-state index >= 15 is 0 Å². The summed E-state index contributed by atoms with van der Waals surface area (Å²) in [5, 5.41) is 3.78. The molecule has 0 radical (unpaired) electrons. The molecule has 2 aliphatic rings. The van der Waals surface area contributed by atoms with Gasteiger partial charge in [0.1, 0.15) is 0 Å². The van der Waals surface area contributed by atoms with E-state index in [1.54, 1.807) is 0 Å².